The van der Waals surface area contributed by atoms with Crippen LogP contribution in [0.5, 0.6) is 0 Å². The smallest absolute Gasteiger partial charge is 0.409 e. The van der Waals surface area contributed by atoms with Crippen molar-refractivity contribution in [3.05, 3.63) is 76.8 Å². The summed E-state index contributed by atoms with van der Waals surface area (Å²) in [4.78, 5) is 19.4. The van der Waals surface area contributed by atoms with E-state index in [-0.39, 0.29) is 18.1 Å². The summed E-state index contributed by atoms with van der Waals surface area (Å²) in [5.41, 5.74) is 7.23. The van der Waals surface area contributed by atoms with Crippen molar-refractivity contribution in [3.63, 3.8) is 0 Å². The number of carbonyl (C=O) groups is 1. The molecule has 1 aromatic heterocycles. The highest BCUT2D eigenvalue weighted by molar-refractivity contribution is 5.82. The minimum atomic E-state index is -0.284. The molecule has 5 rings (SSSR count). The molecule has 1 atom stereocenters. The summed E-state index contributed by atoms with van der Waals surface area (Å²) in [5, 5.41) is 9.95. The van der Waals surface area contributed by atoms with E-state index >= 15 is 0 Å². The molecular weight excluding hydrogens is 450 g/mol. The number of hydrogen-bond donors (Lipinski definition) is 1. The van der Waals surface area contributed by atoms with Crippen LogP contribution in [0.15, 0.2) is 48.7 Å². The molecular formula is C30H37N3O3. The van der Waals surface area contributed by atoms with Crippen molar-refractivity contribution in [3.8, 4) is 0 Å². The van der Waals surface area contributed by atoms with Gasteiger partial charge in [-0.05, 0) is 75.1 Å². The number of rotatable bonds is 5. The molecule has 190 valence electrons. The number of aromatic nitrogens is 2. The van der Waals surface area contributed by atoms with E-state index < -0.39 is 0 Å². The van der Waals surface area contributed by atoms with E-state index in [2.05, 4.69) is 61.4 Å². The van der Waals surface area contributed by atoms with Crippen LogP contribution in [0.1, 0.15) is 72.6 Å². The number of imidazole rings is 1. The second kappa shape index (κ2) is 10.00. The van der Waals surface area contributed by atoms with Crippen LogP contribution >= 0.6 is 0 Å². The Balaban J connectivity index is 1.57. The van der Waals surface area contributed by atoms with Gasteiger partial charge in [0.25, 0.3) is 0 Å². The van der Waals surface area contributed by atoms with Gasteiger partial charge in [0.2, 0.25) is 0 Å². The van der Waals surface area contributed by atoms with Crippen molar-refractivity contribution in [1.82, 2.24) is 14.5 Å². The van der Waals surface area contributed by atoms with Gasteiger partial charge in [-0.15, -0.1) is 0 Å². The van der Waals surface area contributed by atoms with Crippen molar-refractivity contribution in [2.24, 2.45) is 5.92 Å². The molecule has 1 saturated carbocycles. The number of aliphatic hydroxyl groups excluding tert-OH is 1. The Hall–Kier alpha value is -3.28. The maximum atomic E-state index is 12.3. The molecule has 2 heterocycles. The molecule has 3 aromatic rings. The molecule has 0 saturated heterocycles. The monoisotopic (exact) mass is 487 g/mol. The van der Waals surface area contributed by atoms with Gasteiger partial charge in [-0.1, -0.05) is 36.9 Å². The topological polar surface area (TPSA) is 67.6 Å². The Morgan fingerprint density at radius 1 is 1.19 bits per heavy atom. The molecule has 36 heavy (non-hydrogen) atoms. The molecule has 1 N–H and O–H groups in total. The van der Waals surface area contributed by atoms with Crippen LogP contribution in [0.3, 0.4) is 0 Å². The Kier molecular flexibility index (Phi) is 6.78. The van der Waals surface area contributed by atoms with Crippen LogP contribution in [0, 0.1) is 12.8 Å². The Labute approximate surface area is 213 Å². The van der Waals surface area contributed by atoms with Gasteiger partial charge in [0.05, 0.1) is 30.4 Å². The summed E-state index contributed by atoms with van der Waals surface area (Å²) in [7, 11) is 1.44. The average Bonchev–Trinajstić information content (AvgIpc) is 3.29. The van der Waals surface area contributed by atoms with Crippen LogP contribution in [0.25, 0.3) is 11.0 Å². The Morgan fingerprint density at radius 2 is 1.94 bits per heavy atom. The number of aliphatic hydroxyl groups is 1. The molecule has 6 heteroatoms. The highest BCUT2D eigenvalue weighted by Gasteiger charge is 2.31. The van der Waals surface area contributed by atoms with Crippen molar-refractivity contribution in [2.75, 3.05) is 13.7 Å². The predicted octanol–water partition coefficient (Wildman–Crippen LogP) is 6.62. The average molecular weight is 488 g/mol. The lowest BCUT2D eigenvalue weighted by Crippen LogP contribution is -2.35. The summed E-state index contributed by atoms with van der Waals surface area (Å²) >= 11 is 0. The Morgan fingerprint density at radius 3 is 2.64 bits per heavy atom. The van der Waals surface area contributed by atoms with E-state index in [0.29, 0.717) is 24.8 Å². The molecule has 1 aliphatic heterocycles. The third-order valence-corrected chi connectivity index (χ3v) is 8.30. The maximum absolute atomic E-state index is 12.3. The molecule has 0 unspecified atom stereocenters. The van der Waals surface area contributed by atoms with E-state index in [1.165, 1.54) is 23.8 Å². The highest BCUT2D eigenvalue weighted by Crippen LogP contribution is 2.41. The first-order valence-electron chi connectivity index (χ1n) is 13.1. The zero-order valence-electron chi connectivity index (χ0n) is 21.7. The van der Waals surface area contributed by atoms with E-state index in [0.717, 1.165) is 60.9 Å². The lowest BCUT2D eigenvalue weighted by molar-refractivity contribution is 0.119. The molecule has 6 nitrogen and oxygen atoms in total. The number of aryl methyl sites for hydroxylation is 1. The summed E-state index contributed by atoms with van der Waals surface area (Å²) in [6.45, 7) is 9.44. The fourth-order valence-corrected chi connectivity index (χ4v) is 6.18. The van der Waals surface area contributed by atoms with Crippen molar-refractivity contribution >= 4 is 17.1 Å². The zero-order valence-corrected chi connectivity index (χ0v) is 21.7. The van der Waals surface area contributed by atoms with Gasteiger partial charge in [0, 0.05) is 30.0 Å². The van der Waals surface area contributed by atoms with Crippen LogP contribution in [-0.4, -0.2) is 39.3 Å². The SMILES string of the molecule is C=C(O)C1CCC(c2nc3c4c(ccc3n2[C@@H](C)Cc2ccccc2C)CCN(C(=O)OC)C4)CC1. The first-order valence-corrected chi connectivity index (χ1v) is 13.1. The maximum Gasteiger partial charge on any atom is 0.409 e. The molecule has 1 fully saturated rings. The van der Waals surface area contributed by atoms with Gasteiger partial charge in [0.1, 0.15) is 5.82 Å². The molecule has 0 radical (unpaired) electrons. The summed E-state index contributed by atoms with van der Waals surface area (Å²) in [5.74, 6) is 1.97. The lowest BCUT2D eigenvalue weighted by Gasteiger charge is -2.29. The normalized spacial score (nSPS) is 20.7. The summed E-state index contributed by atoms with van der Waals surface area (Å²) < 4.78 is 7.48. The van der Waals surface area contributed by atoms with Crippen LogP contribution in [0.4, 0.5) is 4.79 Å². The second-order valence-electron chi connectivity index (χ2n) is 10.6. The third kappa shape index (κ3) is 4.49. The van der Waals surface area contributed by atoms with Gasteiger partial charge >= 0.3 is 6.09 Å². The van der Waals surface area contributed by atoms with E-state index in [4.69, 9.17) is 9.72 Å². The quantitative estimate of drug-likeness (QED) is 0.411. The lowest BCUT2D eigenvalue weighted by atomic mass is 9.81. The zero-order chi connectivity index (χ0) is 25.4. The number of nitrogens with zero attached hydrogens (tertiary/aromatic N) is 3. The first kappa shape index (κ1) is 24.4. The number of fused-ring (bicyclic) bond motifs is 3. The van der Waals surface area contributed by atoms with Gasteiger partial charge in [-0.3, -0.25) is 0 Å². The van der Waals surface area contributed by atoms with E-state index in [1.54, 1.807) is 4.90 Å². The van der Waals surface area contributed by atoms with Gasteiger partial charge < -0.3 is 19.3 Å². The minimum absolute atomic E-state index is 0.185. The molecule has 1 aliphatic carbocycles. The van der Waals surface area contributed by atoms with Gasteiger partial charge in [0.15, 0.2) is 0 Å². The molecule has 1 amide bonds. The fourth-order valence-electron chi connectivity index (χ4n) is 6.18. The van der Waals surface area contributed by atoms with Crippen LogP contribution in [-0.2, 0) is 24.1 Å². The van der Waals surface area contributed by atoms with Gasteiger partial charge in [-0.25, -0.2) is 9.78 Å². The van der Waals surface area contributed by atoms with Gasteiger partial charge in [-0.2, -0.15) is 0 Å². The standard InChI is InChI=1S/C30H37N3O3/c1-19-7-5-6-8-25(19)17-20(2)33-27-14-13-23-15-16-32(30(35)36-4)18-26(23)28(27)31-29(33)24-11-9-22(10-12-24)21(3)34/h5-8,13-14,20,22,24,34H,3,9-12,15-18H2,1-2,4H3/t20-,22?,24?/m0/s1. The third-order valence-electron chi connectivity index (χ3n) is 8.30. The molecule has 0 bridgehead atoms. The highest BCUT2D eigenvalue weighted by atomic mass is 16.5. The summed E-state index contributed by atoms with van der Waals surface area (Å²) in [6.07, 6.45) is 5.30. The molecule has 2 aromatic carbocycles. The number of carbonyl (C=O) groups excluding carboxylic acids is 1. The van der Waals surface area contributed by atoms with Crippen molar-refractivity contribution in [2.45, 2.75) is 70.9 Å². The van der Waals surface area contributed by atoms with E-state index in [9.17, 15) is 9.90 Å². The van der Waals surface area contributed by atoms with Crippen LogP contribution < -0.4 is 0 Å². The number of amides is 1. The number of methoxy groups -OCH3 is 1. The number of ether oxygens (including phenoxy) is 1. The summed E-state index contributed by atoms with van der Waals surface area (Å²) in [6, 6.07) is 13.3. The van der Waals surface area contributed by atoms with E-state index in [1.807, 2.05) is 0 Å². The number of allylic oxidation sites excluding steroid dienone is 1. The fraction of sp³-hybridized carbons (Fsp3) is 0.467. The number of benzene rings is 2. The largest absolute Gasteiger partial charge is 0.513 e. The first-order chi connectivity index (χ1) is 17.4. The minimum Gasteiger partial charge on any atom is -0.513 e. The van der Waals surface area contributed by atoms with Crippen molar-refractivity contribution < 1.29 is 14.6 Å². The second-order valence-corrected chi connectivity index (χ2v) is 10.6. The molecule has 2 aliphatic rings. The molecule has 0 spiro atoms. The Bertz CT molecular complexity index is 1290. The number of hydrogen-bond acceptors (Lipinski definition) is 4. The predicted molar refractivity (Wildman–Crippen MR) is 142 cm³/mol. The van der Waals surface area contributed by atoms with Crippen LogP contribution in [0.2, 0.25) is 0 Å². The van der Waals surface area contributed by atoms with Crippen molar-refractivity contribution in [1.29, 1.82) is 0 Å².